The lowest BCUT2D eigenvalue weighted by Gasteiger charge is -2.20. The first-order valence-corrected chi connectivity index (χ1v) is 6.23. The summed E-state index contributed by atoms with van der Waals surface area (Å²) in [4.78, 5) is 0. The molecule has 19 heavy (non-hydrogen) atoms. The van der Waals surface area contributed by atoms with Gasteiger partial charge >= 0.3 is 0 Å². The van der Waals surface area contributed by atoms with E-state index in [2.05, 4.69) is 5.32 Å². The number of methoxy groups -OCH3 is 1. The summed E-state index contributed by atoms with van der Waals surface area (Å²) < 4.78 is 18.7. The van der Waals surface area contributed by atoms with Gasteiger partial charge in [0, 0.05) is 0 Å². The molecule has 0 aliphatic rings. The molecule has 0 aliphatic carbocycles. The van der Waals surface area contributed by atoms with Crippen LogP contribution in [0, 0.1) is 12.7 Å². The molecule has 0 spiro atoms. The Labute approximate surface area is 113 Å². The molecule has 0 aliphatic heterocycles. The van der Waals surface area contributed by atoms with Gasteiger partial charge in [0.2, 0.25) is 0 Å². The Bertz CT molecular complexity index is 568. The van der Waals surface area contributed by atoms with Crippen LogP contribution in [0.1, 0.15) is 22.7 Å². The minimum absolute atomic E-state index is 0.0502. The number of ether oxygens (including phenoxy) is 1. The molecule has 0 radical (unpaired) electrons. The lowest BCUT2D eigenvalue weighted by atomic mass is 9.95. The summed E-state index contributed by atoms with van der Waals surface area (Å²) >= 11 is 0. The molecule has 2 aromatic carbocycles. The number of benzene rings is 2. The van der Waals surface area contributed by atoms with E-state index in [-0.39, 0.29) is 11.9 Å². The Morgan fingerprint density at radius 3 is 2.63 bits per heavy atom. The average molecular weight is 259 g/mol. The second kappa shape index (κ2) is 5.85. The molecule has 0 fully saturated rings. The van der Waals surface area contributed by atoms with E-state index in [0.717, 1.165) is 22.4 Å². The van der Waals surface area contributed by atoms with E-state index >= 15 is 0 Å². The zero-order chi connectivity index (χ0) is 13.8. The summed E-state index contributed by atoms with van der Waals surface area (Å²) in [5.74, 6) is 0.579. The summed E-state index contributed by atoms with van der Waals surface area (Å²) in [5, 5.41) is 3.23. The van der Waals surface area contributed by atoms with Crippen molar-refractivity contribution >= 4 is 0 Å². The summed E-state index contributed by atoms with van der Waals surface area (Å²) in [7, 11) is 3.51. The molecule has 2 aromatic rings. The lowest BCUT2D eigenvalue weighted by molar-refractivity contribution is 0.413. The van der Waals surface area contributed by atoms with Crippen LogP contribution in [0.2, 0.25) is 0 Å². The fraction of sp³-hybridized carbons (Fsp3) is 0.250. The van der Waals surface area contributed by atoms with Crippen molar-refractivity contribution in [3.63, 3.8) is 0 Å². The molecule has 0 heterocycles. The molecule has 2 rings (SSSR count). The van der Waals surface area contributed by atoms with E-state index in [0.29, 0.717) is 0 Å². The van der Waals surface area contributed by atoms with E-state index in [1.807, 2.05) is 38.2 Å². The Morgan fingerprint density at radius 2 is 1.95 bits per heavy atom. The van der Waals surface area contributed by atoms with Crippen LogP contribution < -0.4 is 10.1 Å². The minimum atomic E-state index is -0.219. The van der Waals surface area contributed by atoms with Gasteiger partial charge in [-0.15, -0.1) is 0 Å². The third-order valence-corrected chi connectivity index (χ3v) is 3.27. The predicted molar refractivity (Wildman–Crippen MR) is 75.0 cm³/mol. The first kappa shape index (κ1) is 13.6. The number of aryl methyl sites for hydroxylation is 1. The summed E-state index contributed by atoms with van der Waals surface area (Å²) in [6.07, 6.45) is 0. The maximum Gasteiger partial charge on any atom is 0.123 e. The molecule has 1 unspecified atom stereocenters. The lowest BCUT2D eigenvalue weighted by Crippen LogP contribution is -2.19. The van der Waals surface area contributed by atoms with Crippen LogP contribution in [0.5, 0.6) is 5.75 Å². The number of rotatable bonds is 4. The standard InChI is InChI=1S/C16H18FNO/c1-11-7-8-13(17)10-15(11)16(18-2)12-5-4-6-14(9-12)19-3/h4-10,16,18H,1-3H3. The van der Waals surface area contributed by atoms with Crippen LogP contribution in [0.3, 0.4) is 0 Å². The van der Waals surface area contributed by atoms with Crippen molar-refractivity contribution < 1.29 is 9.13 Å². The molecule has 0 saturated heterocycles. The van der Waals surface area contributed by atoms with Gasteiger partial charge < -0.3 is 10.1 Å². The van der Waals surface area contributed by atoms with Gasteiger partial charge in [0.25, 0.3) is 0 Å². The molecule has 0 aromatic heterocycles. The molecule has 3 heteroatoms. The Hall–Kier alpha value is -1.87. The smallest absolute Gasteiger partial charge is 0.123 e. The maximum absolute atomic E-state index is 13.5. The zero-order valence-corrected chi connectivity index (χ0v) is 11.4. The van der Waals surface area contributed by atoms with E-state index in [1.54, 1.807) is 19.2 Å². The largest absolute Gasteiger partial charge is 0.497 e. The molecular weight excluding hydrogens is 241 g/mol. The van der Waals surface area contributed by atoms with Crippen LogP contribution in [-0.4, -0.2) is 14.2 Å². The first-order chi connectivity index (χ1) is 9.15. The summed E-state index contributed by atoms with van der Waals surface area (Å²) in [6.45, 7) is 1.99. The predicted octanol–water partition coefficient (Wildman–Crippen LogP) is 3.45. The van der Waals surface area contributed by atoms with Crippen LogP contribution >= 0.6 is 0 Å². The molecule has 0 saturated carbocycles. The van der Waals surface area contributed by atoms with Crippen molar-refractivity contribution in [1.29, 1.82) is 0 Å². The second-order valence-corrected chi connectivity index (χ2v) is 4.50. The third kappa shape index (κ3) is 2.93. The van der Waals surface area contributed by atoms with Gasteiger partial charge in [-0.25, -0.2) is 4.39 Å². The second-order valence-electron chi connectivity index (χ2n) is 4.50. The molecule has 0 bridgehead atoms. The van der Waals surface area contributed by atoms with E-state index in [1.165, 1.54) is 6.07 Å². The Morgan fingerprint density at radius 1 is 1.16 bits per heavy atom. The molecular formula is C16H18FNO. The highest BCUT2D eigenvalue weighted by molar-refractivity contribution is 5.40. The van der Waals surface area contributed by atoms with Crippen molar-refractivity contribution in [1.82, 2.24) is 5.32 Å². The molecule has 100 valence electrons. The fourth-order valence-corrected chi connectivity index (χ4v) is 2.25. The highest BCUT2D eigenvalue weighted by atomic mass is 19.1. The number of nitrogens with one attached hydrogen (secondary N) is 1. The van der Waals surface area contributed by atoms with E-state index in [4.69, 9.17) is 4.74 Å². The van der Waals surface area contributed by atoms with Crippen LogP contribution in [0.4, 0.5) is 4.39 Å². The Kier molecular flexibility index (Phi) is 4.17. The number of halogens is 1. The first-order valence-electron chi connectivity index (χ1n) is 6.23. The number of hydrogen-bond donors (Lipinski definition) is 1. The minimum Gasteiger partial charge on any atom is -0.497 e. The van der Waals surface area contributed by atoms with E-state index in [9.17, 15) is 4.39 Å². The summed E-state index contributed by atoms with van der Waals surface area (Å²) in [6, 6.07) is 12.6. The van der Waals surface area contributed by atoms with Gasteiger partial charge in [-0.1, -0.05) is 18.2 Å². The maximum atomic E-state index is 13.5. The normalized spacial score (nSPS) is 12.2. The van der Waals surface area contributed by atoms with Gasteiger partial charge in [0.05, 0.1) is 13.2 Å². The third-order valence-electron chi connectivity index (χ3n) is 3.27. The van der Waals surface area contributed by atoms with Gasteiger partial charge in [0.1, 0.15) is 11.6 Å². The topological polar surface area (TPSA) is 21.3 Å². The molecule has 1 N–H and O–H groups in total. The average Bonchev–Trinajstić information content (AvgIpc) is 2.44. The van der Waals surface area contributed by atoms with Crippen molar-refractivity contribution in [2.45, 2.75) is 13.0 Å². The van der Waals surface area contributed by atoms with E-state index < -0.39 is 0 Å². The molecule has 1 atom stereocenters. The molecule has 2 nitrogen and oxygen atoms in total. The van der Waals surface area contributed by atoms with Gasteiger partial charge in [-0.2, -0.15) is 0 Å². The monoisotopic (exact) mass is 259 g/mol. The van der Waals surface area contributed by atoms with Crippen molar-refractivity contribution in [2.24, 2.45) is 0 Å². The van der Waals surface area contributed by atoms with Gasteiger partial charge in [-0.05, 0) is 54.9 Å². The highest BCUT2D eigenvalue weighted by Crippen LogP contribution is 2.27. The fourth-order valence-electron chi connectivity index (χ4n) is 2.25. The van der Waals surface area contributed by atoms with Crippen LogP contribution in [0.25, 0.3) is 0 Å². The number of hydrogen-bond acceptors (Lipinski definition) is 2. The van der Waals surface area contributed by atoms with Crippen molar-refractivity contribution in [3.8, 4) is 5.75 Å². The quantitative estimate of drug-likeness (QED) is 0.908. The van der Waals surface area contributed by atoms with Crippen LogP contribution in [0.15, 0.2) is 42.5 Å². The summed E-state index contributed by atoms with van der Waals surface area (Å²) in [5.41, 5.74) is 3.05. The van der Waals surface area contributed by atoms with Gasteiger partial charge in [-0.3, -0.25) is 0 Å². The molecule has 0 amide bonds. The zero-order valence-electron chi connectivity index (χ0n) is 11.4. The van der Waals surface area contributed by atoms with Crippen LogP contribution in [-0.2, 0) is 0 Å². The Balaban J connectivity index is 2.46. The SMILES string of the molecule is CNC(c1cccc(OC)c1)c1cc(F)ccc1C. The highest BCUT2D eigenvalue weighted by Gasteiger charge is 2.15. The van der Waals surface area contributed by atoms with Crippen molar-refractivity contribution in [3.05, 3.63) is 65.0 Å². The van der Waals surface area contributed by atoms with Gasteiger partial charge in [0.15, 0.2) is 0 Å². The van der Waals surface area contributed by atoms with Crippen molar-refractivity contribution in [2.75, 3.05) is 14.2 Å².